The Labute approximate surface area is 678 Å². The van der Waals surface area contributed by atoms with E-state index < -0.39 is 120 Å². The first-order valence-electron chi connectivity index (χ1n) is 39.9. The Morgan fingerprint density at radius 1 is 0.649 bits per heavy atom. The number of hydrogen-bond acceptors (Lipinski definition) is 22. The van der Waals surface area contributed by atoms with Crippen LogP contribution in [0.15, 0.2) is 66.2 Å². The van der Waals surface area contributed by atoms with E-state index in [9.17, 15) is 52.7 Å². The molecule has 0 saturated carbocycles. The van der Waals surface area contributed by atoms with Crippen LogP contribution in [0.2, 0.25) is 0 Å². The molecule has 1 aliphatic rings. The number of unbranched alkanes of at least 4 members (excludes halogenated alkanes) is 1. The average molecular weight is 1620 g/mol. The number of nitrogens with one attached hydrogen (secondary N) is 8. The van der Waals surface area contributed by atoms with Gasteiger partial charge in [0.1, 0.15) is 41.8 Å². The number of benzene rings is 2. The number of carbonyl (C=O) groups is 11. The third-order valence-corrected chi connectivity index (χ3v) is 21.6. The number of ether oxygens (including phenoxy) is 4. The van der Waals surface area contributed by atoms with E-state index in [1.54, 1.807) is 82.1 Å². The number of nitrogens with two attached hydrogens (primary N) is 3. The Bertz CT molecular complexity index is 3420. The third-order valence-electron chi connectivity index (χ3n) is 20.7. The van der Waals surface area contributed by atoms with E-state index >= 15 is 0 Å². The summed E-state index contributed by atoms with van der Waals surface area (Å²) in [6.07, 6.45) is 4.18. The third kappa shape index (κ3) is 33.4. The highest BCUT2D eigenvalue weighted by Crippen LogP contribution is 2.31. The minimum atomic E-state index is -1.13. The number of methoxy groups -OCH3 is 2. The van der Waals surface area contributed by atoms with Crippen LogP contribution in [0.25, 0.3) is 0 Å². The molecule has 34 heteroatoms. The van der Waals surface area contributed by atoms with Crippen LogP contribution < -0.4 is 59.9 Å². The standard InChI is InChI=1S/C80H133N17O16S/c1-16-54(8)70(63(109-14)49-66(100)97-39-23-28-62(97)71(110-15)55(9)72(101)90-61(77-85-38-47-114-77)48-56-24-18-17-19-25-56)95(12)78(106)68(52(4)5)92-76(105)69(53(6)7)96(13)80(108)112-50-57-29-31-58(32-30-57)87-74(103)60(27-22-36-86-79(82)107)89-75(104)67(51(2)3)91-65(99)34-41-94(11)43-42-93(10)40-33-64(98)88-59(26-20-21-35-81)73(102)84-37-44-111-45-46-113-83/h17-19,24-25,29-32,38,47,51-55,59-63,67-71H,16,20-23,26-28,33-37,39-46,48-50,81,83H2,1-15H3,(H,84,102)(H,87,103)(H,88,98)(H,89,104)(H,90,101)(H,91,99)(H,92,105)(H3,82,86,107)/t54-,55+,59-,60-,61-,62-,63+,67-,68-,69-,70-,71+/m0/s1. The maximum atomic E-state index is 14.9. The summed E-state index contributed by atoms with van der Waals surface area (Å²) in [6, 6.07) is 9.08. The number of rotatable bonds is 54. The zero-order chi connectivity index (χ0) is 84.6. The van der Waals surface area contributed by atoms with Gasteiger partial charge in [0.2, 0.25) is 53.2 Å². The highest BCUT2D eigenvalue weighted by Gasteiger charge is 2.44. The molecule has 1 saturated heterocycles. The number of likely N-dealkylation sites (tertiary alicyclic amines) is 1. The second-order valence-electron chi connectivity index (χ2n) is 30.6. The van der Waals surface area contributed by atoms with Crippen molar-refractivity contribution in [3.63, 3.8) is 0 Å². The van der Waals surface area contributed by atoms with E-state index in [0.717, 1.165) is 10.6 Å². The van der Waals surface area contributed by atoms with Crippen LogP contribution in [0.4, 0.5) is 15.3 Å². The zero-order valence-corrected chi connectivity index (χ0v) is 70.7. The number of urea groups is 1. The van der Waals surface area contributed by atoms with Crippen molar-refractivity contribution in [2.45, 2.75) is 207 Å². The number of carbonyl (C=O) groups excluding carboxylic acids is 11. The Morgan fingerprint density at radius 2 is 1.29 bits per heavy atom. The van der Waals surface area contributed by atoms with Crippen LogP contribution in [0.5, 0.6) is 0 Å². The monoisotopic (exact) mass is 1620 g/mol. The summed E-state index contributed by atoms with van der Waals surface area (Å²) in [6.45, 7) is 20.1. The van der Waals surface area contributed by atoms with Crippen molar-refractivity contribution >= 4 is 82.3 Å². The van der Waals surface area contributed by atoms with E-state index in [1.807, 2.05) is 94.2 Å². The number of likely N-dealkylation sites (N-methyl/N-ethyl adjacent to an activating group) is 4. The van der Waals surface area contributed by atoms with Gasteiger partial charge in [0.15, 0.2) is 0 Å². The van der Waals surface area contributed by atoms with Gasteiger partial charge in [-0.1, -0.05) is 111 Å². The summed E-state index contributed by atoms with van der Waals surface area (Å²) in [5.74, 6) is -0.705. The van der Waals surface area contributed by atoms with Gasteiger partial charge in [-0.15, -0.1) is 11.3 Å². The maximum absolute atomic E-state index is 14.9. The average Bonchev–Trinajstić information content (AvgIpc) is 1.48. The number of nitrogens with zero attached hydrogens (tertiary/aromatic N) is 6. The maximum Gasteiger partial charge on any atom is 0.410 e. The quantitative estimate of drug-likeness (QED) is 0.0279. The van der Waals surface area contributed by atoms with Gasteiger partial charge in [-0.25, -0.2) is 20.5 Å². The molecular weight excluding hydrogens is 1490 g/mol. The van der Waals surface area contributed by atoms with Crippen LogP contribution in [0.1, 0.15) is 155 Å². The number of primary amides is 1. The second-order valence-corrected chi connectivity index (χ2v) is 31.5. The second kappa shape index (κ2) is 52.2. The molecule has 0 radical (unpaired) electrons. The van der Waals surface area contributed by atoms with Crippen LogP contribution >= 0.6 is 11.3 Å². The van der Waals surface area contributed by atoms with Crippen LogP contribution in [0, 0.1) is 29.6 Å². The molecule has 14 N–H and O–H groups in total. The molecule has 114 heavy (non-hydrogen) atoms. The minimum absolute atomic E-state index is 0.0500. The molecule has 12 atom stereocenters. The lowest BCUT2D eigenvalue weighted by Crippen LogP contribution is -2.60. The number of aromatic nitrogens is 1. The summed E-state index contributed by atoms with van der Waals surface area (Å²) in [7, 11) is 9.88. The van der Waals surface area contributed by atoms with E-state index in [-0.39, 0.29) is 107 Å². The van der Waals surface area contributed by atoms with Gasteiger partial charge in [-0.3, -0.25) is 48.1 Å². The van der Waals surface area contributed by atoms with Crippen molar-refractivity contribution in [1.82, 2.24) is 66.7 Å². The molecule has 12 amide bonds. The van der Waals surface area contributed by atoms with Gasteiger partial charge in [0, 0.05) is 104 Å². The smallest absolute Gasteiger partial charge is 0.410 e. The molecule has 2 heterocycles. The largest absolute Gasteiger partial charge is 0.445 e. The summed E-state index contributed by atoms with van der Waals surface area (Å²) in [5, 5.41) is 25.4. The fourth-order valence-corrected chi connectivity index (χ4v) is 14.5. The van der Waals surface area contributed by atoms with E-state index in [2.05, 4.69) is 52.4 Å². The molecule has 33 nitrogen and oxygen atoms in total. The lowest BCUT2D eigenvalue weighted by atomic mass is 9.89. The fourth-order valence-electron chi connectivity index (χ4n) is 13.8. The highest BCUT2D eigenvalue weighted by atomic mass is 32.1. The SMILES string of the molecule is CC[C@H](C)[C@@H]([C@@H](CC(=O)N1CCC[C@H]1[C@H](OC)[C@@H](C)C(=O)N[C@@H](Cc1ccccc1)c1nccs1)OC)N(C)C(=O)[C@@H](NC(=O)[C@H](C(C)C)N(C)C(=O)OCc1ccc(NC(=O)[C@H](CCCNC(N)=O)NC(=O)[C@@H](NC(=O)CCN(C)CCN(C)CCC(=O)N[C@@H](CCCCN)C(=O)NCCOCCON)C(C)C)cc1)C(C)C. The van der Waals surface area contributed by atoms with Gasteiger partial charge in [-0.2, -0.15) is 0 Å². The summed E-state index contributed by atoms with van der Waals surface area (Å²) >= 11 is 1.47. The van der Waals surface area contributed by atoms with E-state index in [0.29, 0.717) is 95.5 Å². The predicted octanol–water partition coefficient (Wildman–Crippen LogP) is 4.19. The summed E-state index contributed by atoms with van der Waals surface area (Å²) in [4.78, 5) is 169. The molecular formula is C80H133N17O16S. The number of hydrogen-bond donors (Lipinski definition) is 11. The summed E-state index contributed by atoms with van der Waals surface area (Å²) in [5.41, 5.74) is 12.9. The Hall–Kier alpha value is -8.48. The van der Waals surface area contributed by atoms with Crippen molar-refractivity contribution in [1.29, 1.82) is 0 Å². The first-order valence-corrected chi connectivity index (χ1v) is 40.8. The first-order chi connectivity index (χ1) is 54.3. The molecule has 4 rings (SSSR count). The van der Waals surface area contributed by atoms with E-state index in [1.165, 1.54) is 30.4 Å². The molecule has 640 valence electrons. The van der Waals surface area contributed by atoms with Crippen LogP contribution in [0.3, 0.4) is 0 Å². The topological polar surface area (TPSA) is 437 Å². The normalized spacial score (nSPS) is 15.8. The van der Waals surface area contributed by atoms with Crippen molar-refractivity contribution in [3.05, 3.63) is 82.3 Å². The molecule has 3 aromatic rings. The summed E-state index contributed by atoms with van der Waals surface area (Å²) < 4.78 is 23.3. The predicted molar refractivity (Wildman–Crippen MR) is 436 cm³/mol. The lowest BCUT2D eigenvalue weighted by Gasteiger charge is -2.41. The molecule has 0 unspecified atom stereocenters. The Balaban J connectivity index is 1.33. The number of amides is 12. The molecule has 1 aliphatic heterocycles. The molecule has 1 fully saturated rings. The number of anilines is 1. The van der Waals surface area contributed by atoms with Crippen molar-refractivity contribution in [2.24, 2.45) is 47.0 Å². The highest BCUT2D eigenvalue weighted by molar-refractivity contribution is 7.09. The Morgan fingerprint density at radius 3 is 1.87 bits per heavy atom. The van der Waals surface area contributed by atoms with Gasteiger partial charge < -0.3 is 97.4 Å². The Kier molecular flexibility index (Phi) is 44.8. The van der Waals surface area contributed by atoms with E-state index in [4.69, 9.17) is 36.3 Å². The zero-order valence-electron chi connectivity index (χ0n) is 69.8. The van der Waals surface area contributed by atoms with Crippen LogP contribution in [-0.4, -0.2) is 264 Å². The fraction of sp³-hybridized carbons (Fsp3) is 0.675. The van der Waals surface area contributed by atoms with Crippen LogP contribution in [-0.2, 0) is 80.0 Å². The van der Waals surface area contributed by atoms with Gasteiger partial charge in [0.25, 0.3) is 0 Å². The van der Waals surface area contributed by atoms with Gasteiger partial charge in [-0.05, 0) is 119 Å². The molecule has 0 bridgehead atoms. The van der Waals surface area contributed by atoms with Crippen molar-refractivity contribution in [3.8, 4) is 0 Å². The molecule has 0 spiro atoms. The molecule has 1 aromatic heterocycles. The first kappa shape index (κ1) is 97.9. The van der Waals surface area contributed by atoms with Crippen molar-refractivity contribution in [2.75, 3.05) is 120 Å². The van der Waals surface area contributed by atoms with Crippen molar-refractivity contribution < 1.29 is 76.5 Å². The number of thiazole rings is 1. The lowest BCUT2D eigenvalue weighted by molar-refractivity contribution is -0.148. The van der Waals surface area contributed by atoms with Gasteiger partial charge in [0.05, 0.1) is 62.5 Å². The molecule has 0 aliphatic carbocycles. The molecule has 2 aromatic carbocycles. The van der Waals surface area contributed by atoms with Gasteiger partial charge >= 0.3 is 12.1 Å². The minimum Gasteiger partial charge on any atom is -0.445 e.